The van der Waals surface area contributed by atoms with Crippen LogP contribution in [0.4, 0.5) is 0 Å². The molecule has 1 atom stereocenters. The van der Waals surface area contributed by atoms with Gasteiger partial charge in [0, 0.05) is 36.0 Å². The second kappa shape index (κ2) is 9.89. The van der Waals surface area contributed by atoms with Crippen molar-refractivity contribution in [2.45, 2.75) is 39.0 Å². The van der Waals surface area contributed by atoms with Crippen molar-refractivity contribution in [3.05, 3.63) is 52.5 Å². The average Bonchev–Trinajstić information content (AvgIpc) is 3.46. The minimum atomic E-state index is 0.0734. The smallest absolute Gasteiger partial charge is 0.253 e. The maximum absolute atomic E-state index is 13.0. The molecule has 1 aliphatic rings. The van der Waals surface area contributed by atoms with Crippen LogP contribution in [0.15, 0.2) is 45.6 Å². The summed E-state index contributed by atoms with van der Waals surface area (Å²) in [5.41, 5.74) is 1.69. The number of amides is 1. The molecule has 4 rings (SSSR count). The summed E-state index contributed by atoms with van der Waals surface area (Å²) >= 11 is 1.61. The standard InChI is InChI=1S/C23H27N3O3S/c1-2-3-12-28-20-8-6-18(7-9-20)23(27)26-11-4-5-17(15-26)14-21-24-22(25-29-21)19-10-13-30-16-19/h6-10,13,16-17H,2-5,11-12,14-15H2,1H3. The molecule has 1 aliphatic heterocycles. The molecule has 7 heteroatoms. The van der Waals surface area contributed by atoms with Crippen LogP contribution in [0.25, 0.3) is 11.4 Å². The third kappa shape index (κ3) is 5.08. The number of rotatable bonds is 8. The Bertz CT molecular complexity index is 937. The fourth-order valence-electron chi connectivity index (χ4n) is 3.72. The zero-order valence-corrected chi connectivity index (χ0v) is 18.1. The van der Waals surface area contributed by atoms with Gasteiger partial charge in [-0.05, 0) is 60.9 Å². The zero-order valence-electron chi connectivity index (χ0n) is 17.3. The molecule has 0 aliphatic carbocycles. The van der Waals surface area contributed by atoms with Crippen LogP contribution < -0.4 is 4.74 Å². The molecule has 0 N–H and O–H groups in total. The van der Waals surface area contributed by atoms with Crippen molar-refractivity contribution in [2.24, 2.45) is 5.92 Å². The van der Waals surface area contributed by atoms with Crippen LogP contribution in [-0.2, 0) is 6.42 Å². The van der Waals surface area contributed by atoms with Crippen LogP contribution in [0.3, 0.4) is 0 Å². The molecule has 6 nitrogen and oxygen atoms in total. The first-order valence-electron chi connectivity index (χ1n) is 10.6. The third-order valence-electron chi connectivity index (χ3n) is 5.38. The largest absolute Gasteiger partial charge is 0.494 e. The van der Waals surface area contributed by atoms with Gasteiger partial charge in [0.2, 0.25) is 11.7 Å². The summed E-state index contributed by atoms with van der Waals surface area (Å²) < 4.78 is 11.1. The van der Waals surface area contributed by atoms with Crippen LogP contribution >= 0.6 is 11.3 Å². The first-order valence-corrected chi connectivity index (χ1v) is 11.5. The highest BCUT2D eigenvalue weighted by molar-refractivity contribution is 7.08. The topological polar surface area (TPSA) is 68.5 Å². The maximum Gasteiger partial charge on any atom is 0.253 e. The van der Waals surface area contributed by atoms with Gasteiger partial charge in [-0.25, -0.2) is 0 Å². The summed E-state index contributed by atoms with van der Waals surface area (Å²) in [5, 5.41) is 8.10. The van der Waals surface area contributed by atoms with Gasteiger partial charge in [-0.3, -0.25) is 4.79 Å². The van der Waals surface area contributed by atoms with E-state index < -0.39 is 0 Å². The normalized spacial score (nSPS) is 16.6. The quantitative estimate of drug-likeness (QED) is 0.471. The van der Waals surface area contributed by atoms with Gasteiger partial charge in [0.1, 0.15) is 5.75 Å². The Balaban J connectivity index is 1.33. The predicted molar refractivity (Wildman–Crippen MR) is 117 cm³/mol. The van der Waals surface area contributed by atoms with E-state index in [4.69, 9.17) is 9.26 Å². The molecule has 0 saturated carbocycles. The van der Waals surface area contributed by atoms with E-state index in [1.165, 1.54) is 0 Å². The van der Waals surface area contributed by atoms with Crippen molar-refractivity contribution in [1.82, 2.24) is 15.0 Å². The predicted octanol–water partition coefficient (Wildman–Crippen LogP) is 5.07. The first kappa shape index (κ1) is 20.6. The van der Waals surface area contributed by atoms with Gasteiger partial charge < -0.3 is 14.2 Å². The number of hydrogen-bond donors (Lipinski definition) is 0. The van der Waals surface area contributed by atoms with Crippen molar-refractivity contribution in [2.75, 3.05) is 19.7 Å². The summed E-state index contributed by atoms with van der Waals surface area (Å²) in [4.78, 5) is 19.4. The summed E-state index contributed by atoms with van der Waals surface area (Å²) in [6, 6.07) is 9.47. The van der Waals surface area contributed by atoms with E-state index in [0.717, 1.165) is 43.5 Å². The highest BCUT2D eigenvalue weighted by Crippen LogP contribution is 2.24. The Labute approximate surface area is 180 Å². The zero-order chi connectivity index (χ0) is 20.8. The second-order valence-corrected chi connectivity index (χ2v) is 8.49. The number of nitrogens with zero attached hydrogens (tertiary/aromatic N) is 3. The number of hydrogen-bond acceptors (Lipinski definition) is 6. The van der Waals surface area contributed by atoms with Gasteiger partial charge in [0.15, 0.2) is 0 Å². The lowest BCUT2D eigenvalue weighted by Crippen LogP contribution is -2.40. The molecule has 3 heterocycles. The van der Waals surface area contributed by atoms with Gasteiger partial charge in [-0.2, -0.15) is 16.3 Å². The van der Waals surface area contributed by atoms with Gasteiger partial charge in [-0.15, -0.1) is 0 Å². The molecule has 0 radical (unpaired) electrons. The fraction of sp³-hybridized carbons (Fsp3) is 0.435. The summed E-state index contributed by atoms with van der Waals surface area (Å²) in [6.07, 6.45) is 4.88. The minimum Gasteiger partial charge on any atom is -0.494 e. The molecule has 0 bridgehead atoms. The summed E-state index contributed by atoms with van der Waals surface area (Å²) in [6.45, 7) is 4.34. The first-order chi connectivity index (χ1) is 14.7. The SMILES string of the molecule is CCCCOc1ccc(C(=O)N2CCCC(Cc3nc(-c4ccsc4)no3)C2)cc1. The Morgan fingerprint density at radius 2 is 2.17 bits per heavy atom. The number of likely N-dealkylation sites (tertiary alicyclic amines) is 1. The van der Waals surface area contributed by atoms with E-state index in [9.17, 15) is 4.79 Å². The number of thiophene rings is 1. The van der Waals surface area contributed by atoms with Crippen LogP contribution in [0.2, 0.25) is 0 Å². The highest BCUT2D eigenvalue weighted by Gasteiger charge is 2.26. The molecule has 0 spiro atoms. The second-order valence-electron chi connectivity index (χ2n) is 7.71. The average molecular weight is 426 g/mol. The van der Waals surface area contributed by atoms with E-state index >= 15 is 0 Å². The lowest BCUT2D eigenvalue weighted by atomic mass is 9.94. The van der Waals surface area contributed by atoms with E-state index in [-0.39, 0.29) is 5.91 Å². The number of unbranched alkanes of at least 4 members (excludes halogenated alkanes) is 1. The Morgan fingerprint density at radius 1 is 1.30 bits per heavy atom. The number of aromatic nitrogens is 2. The van der Waals surface area contributed by atoms with Crippen molar-refractivity contribution in [3.63, 3.8) is 0 Å². The van der Waals surface area contributed by atoms with Crippen molar-refractivity contribution in [3.8, 4) is 17.1 Å². The molecule has 2 aromatic heterocycles. The highest BCUT2D eigenvalue weighted by atomic mass is 32.1. The Kier molecular flexibility index (Phi) is 6.79. The number of piperidine rings is 1. The molecular weight excluding hydrogens is 398 g/mol. The summed E-state index contributed by atoms with van der Waals surface area (Å²) in [7, 11) is 0. The fourth-order valence-corrected chi connectivity index (χ4v) is 4.35. The van der Waals surface area contributed by atoms with Crippen LogP contribution in [0.1, 0.15) is 48.9 Å². The van der Waals surface area contributed by atoms with Gasteiger partial charge >= 0.3 is 0 Å². The molecule has 1 unspecified atom stereocenters. The van der Waals surface area contributed by atoms with Gasteiger partial charge in [0.25, 0.3) is 5.91 Å². The maximum atomic E-state index is 13.0. The van der Waals surface area contributed by atoms with E-state index in [2.05, 4.69) is 17.1 Å². The molecule has 1 saturated heterocycles. The van der Waals surface area contributed by atoms with E-state index in [1.807, 2.05) is 46.0 Å². The van der Waals surface area contributed by atoms with E-state index in [0.29, 0.717) is 42.8 Å². The summed E-state index contributed by atoms with van der Waals surface area (Å²) in [5.74, 6) is 2.49. The monoisotopic (exact) mass is 425 g/mol. The molecule has 30 heavy (non-hydrogen) atoms. The van der Waals surface area contributed by atoms with Crippen LogP contribution in [0.5, 0.6) is 5.75 Å². The van der Waals surface area contributed by atoms with E-state index in [1.54, 1.807) is 11.3 Å². The van der Waals surface area contributed by atoms with Crippen LogP contribution in [-0.4, -0.2) is 40.6 Å². The number of carbonyl (C=O) groups is 1. The lowest BCUT2D eigenvalue weighted by molar-refractivity contribution is 0.0668. The van der Waals surface area contributed by atoms with Gasteiger partial charge in [0.05, 0.1) is 6.61 Å². The number of benzene rings is 1. The number of carbonyl (C=O) groups excluding carboxylic acids is 1. The van der Waals surface area contributed by atoms with Gasteiger partial charge in [-0.1, -0.05) is 18.5 Å². The third-order valence-corrected chi connectivity index (χ3v) is 6.07. The minimum absolute atomic E-state index is 0.0734. The lowest BCUT2D eigenvalue weighted by Gasteiger charge is -2.32. The Morgan fingerprint density at radius 3 is 2.93 bits per heavy atom. The van der Waals surface area contributed by atoms with Crippen LogP contribution in [0, 0.1) is 5.92 Å². The molecular formula is C23H27N3O3S. The number of ether oxygens (including phenoxy) is 1. The molecule has 1 fully saturated rings. The van der Waals surface area contributed by atoms with Crippen molar-refractivity contribution >= 4 is 17.2 Å². The molecule has 1 amide bonds. The molecule has 158 valence electrons. The molecule has 3 aromatic rings. The molecule has 1 aromatic carbocycles. The Hall–Kier alpha value is -2.67. The van der Waals surface area contributed by atoms with Crippen molar-refractivity contribution < 1.29 is 14.1 Å². The van der Waals surface area contributed by atoms with Crippen molar-refractivity contribution in [1.29, 1.82) is 0 Å².